The van der Waals surface area contributed by atoms with Gasteiger partial charge in [-0.2, -0.15) is 0 Å². The lowest BCUT2D eigenvalue weighted by molar-refractivity contribution is 0.704. The number of benzene rings is 2. The molecule has 0 aliphatic heterocycles. The largest absolute Gasteiger partial charge is 0.398 e. The third kappa shape index (κ3) is 2.65. The zero-order chi connectivity index (χ0) is 15.0. The second-order valence-corrected chi connectivity index (χ2v) is 6.30. The zero-order valence-electron chi connectivity index (χ0n) is 11.6. The number of fused-ring (bicyclic) bond motifs is 1. The summed E-state index contributed by atoms with van der Waals surface area (Å²) in [5.74, 6) is 0.882. The molecule has 0 fully saturated rings. The second-order valence-electron chi connectivity index (χ2n) is 4.95. The molecule has 2 aromatic carbocycles. The first kappa shape index (κ1) is 14.4. The van der Waals surface area contributed by atoms with Crippen molar-refractivity contribution < 1.29 is 0 Å². The maximum atomic E-state index is 6.14. The molecule has 0 atom stereocenters. The number of halogens is 2. The minimum Gasteiger partial charge on any atom is -0.398 e. The number of nitrogens with two attached hydrogens (primary N) is 1. The summed E-state index contributed by atoms with van der Waals surface area (Å²) in [5.41, 5.74) is 9.77. The lowest BCUT2D eigenvalue weighted by Gasteiger charge is -2.10. The highest BCUT2D eigenvalue weighted by Gasteiger charge is 2.15. The number of hydrogen-bond donors (Lipinski definition) is 1. The Balaban J connectivity index is 2.30. The molecule has 1 heterocycles. The van der Waals surface area contributed by atoms with E-state index >= 15 is 0 Å². The summed E-state index contributed by atoms with van der Waals surface area (Å²) in [6, 6.07) is 11.6. The van der Waals surface area contributed by atoms with E-state index in [1.165, 1.54) is 0 Å². The van der Waals surface area contributed by atoms with Crippen LogP contribution in [-0.4, -0.2) is 9.55 Å². The van der Waals surface area contributed by atoms with Crippen LogP contribution in [0.3, 0.4) is 0 Å². The van der Waals surface area contributed by atoms with Gasteiger partial charge >= 0.3 is 0 Å². The molecule has 0 spiro atoms. The van der Waals surface area contributed by atoms with E-state index in [1.54, 1.807) is 0 Å². The first-order valence-electron chi connectivity index (χ1n) is 6.81. The van der Waals surface area contributed by atoms with Crippen LogP contribution in [0.2, 0.25) is 5.02 Å². The van der Waals surface area contributed by atoms with Crippen LogP contribution in [0.4, 0.5) is 5.69 Å². The quantitative estimate of drug-likeness (QED) is 0.656. The van der Waals surface area contributed by atoms with Gasteiger partial charge in [0, 0.05) is 27.3 Å². The average molecular weight is 365 g/mol. The second kappa shape index (κ2) is 5.70. The summed E-state index contributed by atoms with van der Waals surface area (Å²) < 4.78 is 3.18. The van der Waals surface area contributed by atoms with Crippen molar-refractivity contribution in [3.8, 4) is 11.4 Å². The predicted molar refractivity (Wildman–Crippen MR) is 92.6 cm³/mol. The van der Waals surface area contributed by atoms with Crippen LogP contribution in [0.5, 0.6) is 0 Å². The molecule has 1 aromatic heterocycles. The molecular formula is C16H15BrClN3. The topological polar surface area (TPSA) is 43.8 Å². The number of nitrogen functional groups attached to an aromatic ring is 1. The number of anilines is 1. The van der Waals surface area contributed by atoms with Crippen molar-refractivity contribution in [2.24, 2.45) is 0 Å². The van der Waals surface area contributed by atoms with Gasteiger partial charge in [-0.05, 0) is 42.8 Å². The fraction of sp³-hybridized carbons (Fsp3) is 0.188. The van der Waals surface area contributed by atoms with E-state index in [9.17, 15) is 0 Å². The fourth-order valence-electron chi connectivity index (χ4n) is 2.48. The van der Waals surface area contributed by atoms with E-state index in [0.717, 1.165) is 45.5 Å². The number of imidazole rings is 1. The van der Waals surface area contributed by atoms with Gasteiger partial charge in [0.1, 0.15) is 5.82 Å². The van der Waals surface area contributed by atoms with E-state index in [2.05, 4.69) is 27.4 Å². The minimum absolute atomic E-state index is 0.692. The van der Waals surface area contributed by atoms with Crippen molar-refractivity contribution in [1.29, 1.82) is 0 Å². The van der Waals surface area contributed by atoms with Gasteiger partial charge in [0.25, 0.3) is 0 Å². The van der Waals surface area contributed by atoms with Gasteiger partial charge < -0.3 is 10.3 Å². The van der Waals surface area contributed by atoms with Crippen molar-refractivity contribution in [3.63, 3.8) is 0 Å². The van der Waals surface area contributed by atoms with E-state index in [-0.39, 0.29) is 0 Å². The molecule has 5 heteroatoms. The van der Waals surface area contributed by atoms with E-state index in [0.29, 0.717) is 5.02 Å². The van der Waals surface area contributed by atoms with Gasteiger partial charge in [0.15, 0.2) is 0 Å². The van der Waals surface area contributed by atoms with Crippen LogP contribution in [0.25, 0.3) is 22.4 Å². The van der Waals surface area contributed by atoms with Crippen molar-refractivity contribution >= 4 is 44.3 Å². The Kier molecular flexibility index (Phi) is 3.91. The molecule has 0 unspecified atom stereocenters. The standard InChI is InChI=1S/C16H15BrClN3/c1-2-7-21-15-6-4-11(18)9-14(15)20-16(21)12-8-10(17)3-5-13(12)19/h3-6,8-9H,2,7,19H2,1H3. The highest BCUT2D eigenvalue weighted by atomic mass is 79.9. The molecule has 0 aliphatic rings. The molecule has 2 N–H and O–H groups in total. The van der Waals surface area contributed by atoms with Gasteiger partial charge in [0.05, 0.1) is 11.0 Å². The maximum Gasteiger partial charge on any atom is 0.143 e. The molecule has 3 aromatic rings. The molecule has 3 rings (SSSR count). The van der Waals surface area contributed by atoms with E-state index in [1.807, 2.05) is 36.4 Å². The Morgan fingerprint density at radius 3 is 2.81 bits per heavy atom. The van der Waals surface area contributed by atoms with Crippen molar-refractivity contribution in [2.45, 2.75) is 19.9 Å². The Morgan fingerprint density at radius 1 is 1.24 bits per heavy atom. The Bertz CT molecular complexity index is 811. The highest BCUT2D eigenvalue weighted by Crippen LogP contribution is 2.32. The molecule has 0 aliphatic carbocycles. The van der Waals surface area contributed by atoms with Crippen LogP contribution in [-0.2, 0) is 6.54 Å². The summed E-state index contributed by atoms with van der Waals surface area (Å²) in [5, 5.41) is 0.692. The van der Waals surface area contributed by atoms with Crippen molar-refractivity contribution in [3.05, 3.63) is 45.9 Å². The van der Waals surface area contributed by atoms with Crippen LogP contribution in [0.1, 0.15) is 13.3 Å². The first-order valence-corrected chi connectivity index (χ1v) is 7.98. The molecular weight excluding hydrogens is 350 g/mol. The monoisotopic (exact) mass is 363 g/mol. The lowest BCUT2D eigenvalue weighted by atomic mass is 10.1. The Labute approximate surface area is 136 Å². The summed E-state index contributed by atoms with van der Waals surface area (Å²) in [7, 11) is 0. The van der Waals surface area contributed by atoms with Gasteiger partial charge in [-0.1, -0.05) is 34.5 Å². The van der Waals surface area contributed by atoms with Crippen LogP contribution in [0.15, 0.2) is 40.9 Å². The van der Waals surface area contributed by atoms with Gasteiger partial charge in [0.2, 0.25) is 0 Å². The van der Waals surface area contributed by atoms with Gasteiger partial charge in [-0.3, -0.25) is 0 Å². The first-order chi connectivity index (χ1) is 10.1. The van der Waals surface area contributed by atoms with Gasteiger partial charge in [-0.25, -0.2) is 4.98 Å². The maximum absolute atomic E-state index is 6.14. The Morgan fingerprint density at radius 2 is 2.05 bits per heavy atom. The third-order valence-electron chi connectivity index (χ3n) is 3.41. The van der Waals surface area contributed by atoms with Gasteiger partial charge in [-0.15, -0.1) is 0 Å². The van der Waals surface area contributed by atoms with Crippen LogP contribution < -0.4 is 5.73 Å². The molecule has 0 bridgehead atoms. The van der Waals surface area contributed by atoms with E-state index in [4.69, 9.17) is 22.3 Å². The smallest absolute Gasteiger partial charge is 0.143 e. The summed E-state index contributed by atoms with van der Waals surface area (Å²) >= 11 is 9.58. The average Bonchev–Trinajstić information content (AvgIpc) is 2.80. The minimum atomic E-state index is 0.692. The third-order valence-corrected chi connectivity index (χ3v) is 4.14. The summed E-state index contributed by atoms with van der Waals surface area (Å²) in [4.78, 5) is 4.74. The molecule has 21 heavy (non-hydrogen) atoms. The molecule has 0 amide bonds. The highest BCUT2D eigenvalue weighted by molar-refractivity contribution is 9.10. The summed E-state index contributed by atoms with van der Waals surface area (Å²) in [6.45, 7) is 3.04. The van der Waals surface area contributed by atoms with E-state index < -0.39 is 0 Å². The zero-order valence-corrected chi connectivity index (χ0v) is 13.9. The number of aryl methyl sites for hydroxylation is 1. The van der Waals surface area contributed by atoms with Crippen molar-refractivity contribution in [2.75, 3.05) is 5.73 Å². The number of rotatable bonds is 3. The van der Waals surface area contributed by atoms with Crippen LogP contribution >= 0.6 is 27.5 Å². The fourth-order valence-corrected chi connectivity index (χ4v) is 3.01. The molecule has 0 saturated heterocycles. The normalized spacial score (nSPS) is 11.2. The number of hydrogen-bond acceptors (Lipinski definition) is 2. The molecule has 108 valence electrons. The lowest BCUT2D eigenvalue weighted by Crippen LogP contribution is -2.01. The number of aromatic nitrogens is 2. The van der Waals surface area contributed by atoms with Crippen LogP contribution in [0, 0.1) is 0 Å². The molecule has 3 nitrogen and oxygen atoms in total. The SMILES string of the molecule is CCCn1c(-c2cc(Br)ccc2N)nc2cc(Cl)ccc21. The molecule has 0 radical (unpaired) electrons. The predicted octanol–water partition coefficient (Wildman–Crippen LogP) is 5.11. The summed E-state index contributed by atoms with van der Waals surface area (Å²) in [6.07, 6.45) is 1.02. The Hall–Kier alpha value is -1.52. The number of nitrogens with zero attached hydrogens (tertiary/aromatic N) is 2. The molecule has 0 saturated carbocycles. The van der Waals surface area contributed by atoms with Crippen molar-refractivity contribution in [1.82, 2.24) is 9.55 Å².